The van der Waals surface area contributed by atoms with Crippen LogP contribution in [0.4, 0.5) is 0 Å². The van der Waals surface area contributed by atoms with Crippen molar-refractivity contribution in [3.8, 4) is 0 Å². The van der Waals surface area contributed by atoms with E-state index < -0.39 is 9.84 Å². The van der Waals surface area contributed by atoms with Crippen LogP contribution in [0, 0.1) is 17.8 Å². The minimum absolute atomic E-state index is 0.0915. The minimum atomic E-state index is -2.86. The molecule has 2 rings (SSSR count). The van der Waals surface area contributed by atoms with E-state index in [1.165, 1.54) is 19.1 Å². The van der Waals surface area contributed by atoms with E-state index in [1.54, 1.807) is 0 Å². The fraction of sp³-hybridized carbons (Fsp3) is 1.00. The summed E-state index contributed by atoms with van der Waals surface area (Å²) in [6, 6.07) is 0.555. The summed E-state index contributed by atoms with van der Waals surface area (Å²) in [5.74, 6) is 2.18. The average Bonchev–Trinajstić information content (AvgIpc) is 3.06. The van der Waals surface area contributed by atoms with Gasteiger partial charge in [0.2, 0.25) is 0 Å². The number of hydrogen-bond donors (Lipinski definition) is 1. The molecule has 0 bridgehead atoms. The Morgan fingerprint density at radius 1 is 1.26 bits per heavy atom. The zero-order valence-electron chi connectivity index (χ0n) is 12.6. The summed E-state index contributed by atoms with van der Waals surface area (Å²) in [7, 11) is -2.86. The summed E-state index contributed by atoms with van der Waals surface area (Å²) in [5.41, 5.74) is 0. The molecule has 0 heterocycles. The smallest absolute Gasteiger partial charge is 0.150 e. The van der Waals surface area contributed by atoms with Crippen LogP contribution in [0.2, 0.25) is 0 Å². The van der Waals surface area contributed by atoms with Gasteiger partial charge in [0.05, 0.1) is 5.25 Å². The molecule has 5 unspecified atom stereocenters. The highest BCUT2D eigenvalue weighted by Gasteiger charge is 2.44. The van der Waals surface area contributed by atoms with Crippen molar-refractivity contribution in [1.82, 2.24) is 5.32 Å². The Morgan fingerprint density at radius 3 is 2.47 bits per heavy atom. The Hall–Kier alpha value is -0.0900. The van der Waals surface area contributed by atoms with Gasteiger partial charge in [0.15, 0.2) is 0 Å². The molecule has 0 aromatic carbocycles. The Labute approximate surface area is 118 Å². The van der Waals surface area contributed by atoms with Crippen molar-refractivity contribution in [2.75, 3.05) is 12.8 Å². The van der Waals surface area contributed by atoms with E-state index in [2.05, 4.69) is 19.2 Å². The standard InChI is InChI=1S/C15H29NO2S/c1-4-8-16-15(14-9-11(14)2)12-6-5-7-13(10-12)19(3,17)18/h11-16H,4-10H2,1-3H3. The van der Waals surface area contributed by atoms with Gasteiger partial charge < -0.3 is 5.32 Å². The van der Waals surface area contributed by atoms with Crippen molar-refractivity contribution in [2.24, 2.45) is 17.8 Å². The van der Waals surface area contributed by atoms with Gasteiger partial charge in [0, 0.05) is 12.3 Å². The Kier molecular flexibility index (Phi) is 4.93. The fourth-order valence-corrected chi connectivity index (χ4v) is 4.92. The highest BCUT2D eigenvalue weighted by molar-refractivity contribution is 7.91. The summed E-state index contributed by atoms with van der Waals surface area (Å²) in [5, 5.41) is 3.62. The molecule has 1 N–H and O–H groups in total. The van der Waals surface area contributed by atoms with E-state index in [1.807, 2.05) is 0 Å². The van der Waals surface area contributed by atoms with Crippen molar-refractivity contribution in [3.05, 3.63) is 0 Å². The first kappa shape index (κ1) is 15.3. The second kappa shape index (κ2) is 6.13. The zero-order chi connectivity index (χ0) is 14.0. The molecule has 0 amide bonds. The van der Waals surface area contributed by atoms with Crippen molar-refractivity contribution in [2.45, 2.75) is 63.7 Å². The van der Waals surface area contributed by atoms with Gasteiger partial charge in [-0.2, -0.15) is 0 Å². The quantitative estimate of drug-likeness (QED) is 0.817. The molecule has 0 aromatic rings. The molecule has 19 heavy (non-hydrogen) atoms. The third kappa shape index (κ3) is 3.94. The molecule has 112 valence electrons. The third-order valence-corrected chi connectivity index (χ3v) is 6.68. The SMILES string of the molecule is CCCNC(C1CCCC(S(C)(=O)=O)C1)C1CC1C. The molecule has 3 nitrogen and oxygen atoms in total. The van der Waals surface area contributed by atoms with Gasteiger partial charge in [-0.3, -0.25) is 0 Å². The van der Waals surface area contributed by atoms with Crippen LogP contribution in [0.3, 0.4) is 0 Å². The molecule has 2 aliphatic carbocycles. The molecule has 4 heteroatoms. The van der Waals surface area contributed by atoms with E-state index >= 15 is 0 Å². The number of hydrogen-bond acceptors (Lipinski definition) is 3. The second-order valence-electron chi connectivity index (χ2n) is 6.73. The van der Waals surface area contributed by atoms with Crippen LogP contribution in [0.25, 0.3) is 0 Å². The van der Waals surface area contributed by atoms with Gasteiger partial charge >= 0.3 is 0 Å². The molecule has 2 aliphatic rings. The van der Waals surface area contributed by atoms with Crippen LogP contribution in [0.1, 0.15) is 52.4 Å². The lowest BCUT2D eigenvalue weighted by Crippen LogP contribution is -2.43. The monoisotopic (exact) mass is 287 g/mol. The van der Waals surface area contributed by atoms with E-state index in [4.69, 9.17) is 0 Å². The van der Waals surface area contributed by atoms with Gasteiger partial charge in [-0.25, -0.2) is 8.42 Å². The van der Waals surface area contributed by atoms with E-state index in [-0.39, 0.29) is 5.25 Å². The number of rotatable bonds is 6. The van der Waals surface area contributed by atoms with Gasteiger partial charge in [-0.15, -0.1) is 0 Å². The number of nitrogens with one attached hydrogen (secondary N) is 1. The van der Waals surface area contributed by atoms with E-state index in [0.717, 1.165) is 44.1 Å². The summed E-state index contributed by atoms with van der Waals surface area (Å²) in [6.45, 7) is 5.58. The zero-order valence-corrected chi connectivity index (χ0v) is 13.4. The largest absolute Gasteiger partial charge is 0.313 e. The van der Waals surface area contributed by atoms with Gasteiger partial charge in [0.1, 0.15) is 9.84 Å². The van der Waals surface area contributed by atoms with Crippen molar-refractivity contribution < 1.29 is 8.42 Å². The maximum absolute atomic E-state index is 11.8. The summed E-state index contributed by atoms with van der Waals surface area (Å²) >= 11 is 0. The highest BCUT2D eigenvalue weighted by Crippen LogP contribution is 2.46. The molecule has 0 aromatic heterocycles. The minimum Gasteiger partial charge on any atom is -0.313 e. The summed E-state index contributed by atoms with van der Waals surface area (Å²) < 4.78 is 23.6. The van der Waals surface area contributed by atoms with Gasteiger partial charge in [-0.05, 0) is 56.4 Å². The highest BCUT2D eigenvalue weighted by atomic mass is 32.2. The molecule has 5 atom stereocenters. The lowest BCUT2D eigenvalue weighted by Gasteiger charge is -2.35. The lowest BCUT2D eigenvalue weighted by atomic mass is 9.81. The van der Waals surface area contributed by atoms with Crippen LogP contribution in [0.5, 0.6) is 0 Å². The van der Waals surface area contributed by atoms with Crippen molar-refractivity contribution in [3.63, 3.8) is 0 Å². The summed E-state index contributed by atoms with van der Waals surface area (Å²) in [6.07, 6.45) is 7.92. The first-order chi connectivity index (χ1) is 8.93. The predicted molar refractivity (Wildman–Crippen MR) is 79.9 cm³/mol. The first-order valence-corrected chi connectivity index (χ1v) is 9.81. The van der Waals surface area contributed by atoms with Crippen LogP contribution in [0.15, 0.2) is 0 Å². The molecular weight excluding hydrogens is 258 g/mol. The van der Waals surface area contributed by atoms with Crippen LogP contribution >= 0.6 is 0 Å². The third-order valence-electron chi connectivity index (χ3n) is 5.04. The second-order valence-corrected chi connectivity index (χ2v) is 9.06. The molecule has 0 aliphatic heterocycles. The van der Waals surface area contributed by atoms with Crippen molar-refractivity contribution >= 4 is 9.84 Å². The molecule has 0 radical (unpaired) electrons. The Bertz CT molecular complexity index is 393. The number of sulfone groups is 1. The normalized spacial score (nSPS) is 37.0. The van der Waals surface area contributed by atoms with Gasteiger partial charge in [0.25, 0.3) is 0 Å². The molecule has 2 saturated carbocycles. The summed E-state index contributed by atoms with van der Waals surface area (Å²) in [4.78, 5) is 0. The molecule has 0 spiro atoms. The maximum Gasteiger partial charge on any atom is 0.150 e. The molecule has 2 fully saturated rings. The van der Waals surface area contributed by atoms with E-state index in [9.17, 15) is 8.42 Å². The Balaban J connectivity index is 2.00. The topological polar surface area (TPSA) is 46.2 Å². The first-order valence-electron chi connectivity index (χ1n) is 7.85. The fourth-order valence-electron chi connectivity index (χ4n) is 3.73. The van der Waals surface area contributed by atoms with Crippen molar-refractivity contribution in [1.29, 1.82) is 0 Å². The van der Waals surface area contributed by atoms with Crippen LogP contribution in [-0.2, 0) is 9.84 Å². The molecular formula is C15H29NO2S. The predicted octanol–water partition coefficient (Wildman–Crippen LogP) is 2.61. The van der Waals surface area contributed by atoms with Gasteiger partial charge in [-0.1, -0.05) is 20.3 Å². The lowest BCUT2D eigenvalue weighted by molar-refractivity contribution is 0.244. The molecule has 0 saturated heterocycles. The Morgan fingerprint density at radius 2 is 1.95 bits per heavy atom. The average molecular weight is 287 g/mol. The van der Waals surface area contributed by atoms with Crippen LogP contribution < -0.4 is 5.32 Å². The maximum atomic E-state index is 11.8. The van der Waals surface area contributed by atoms with Crippen LogP contribution in [-0.4, -0.2) is 32.5 Å². The van der Waals surface area contributed by atoms with E-state index in [0.29, 0.717) is 12.0 Å².